The molecular weight excluding hydrogens is 358 g/mol. The molecule has 0 aliphatic carbocycles. The highest BCUT2D eigenvalue weighted by Gasteiger charge is 2.12. The highest BCUT2D eigenvalue weighted by atomic mass is 16.5. The molecule has 0 saturated heterocycles. The molecule has 1 N–H and O–H groups in total. The van der Waals surface area contributed by atoms with Gasteiger partial charge in [-0.1, -0.05) is 103 Å². The van der Waals surface area contributed by atoms with Gasteiger partial charge in [-0.3, -0.25) is 4.79 Å². The van der Waals surface area contributed by atoms with Crippen molar-refractivity contribution >= 4 is 5.91 Å². The lowest BCUT2D eigenvalue weighted by atomic mass is 10.0. The maximum absolute atomic E-state index is 12.4. The van der Waals surface area contributed by atoms with Crippen molar-refractivity contribution in [2.45, 2.75) is 117 Å². The van der Waals surface area contributed by atoms with Crippen LogP contribution in [0.2, 0.25) is 0 Å². The predicted molar refractivity (Wildman–Crippen MR) is 125 cm³/mol. The molecule has 0 bridgehead atoms. The third kappa shape index (κ3) is 13.4. The fourth-order valence-corrected chi connectivity index (χ4v) is 3.63. The monoisotopic (exact) mass is 403 g/mol. The maximum atomic E-state index is 12.4. The van der Waals surface area contributed by atoms with Gasteiger partial charge in [0.15, 0.2) is 0 Å². The number of hydrogen-bond acceptors (Lipinski definition) is 2. The summed E-state index contributed by atoms with van der Waals surface area (Å²) in [6.45, 7) is 6.97. The summed E-state index contributed by atoms with van der Waals surface area (Å²) in [6.07, 6.45) is 19.0. The van der Waals surface area contributed by atoms with E-state index in [1.165, 1.54) is 83.5 Å². The molecule has 29 heavy (non-hydrogen) atoms. The van der Waals surface area contributed by atoms with Crippen LogP contribution in [0.25, 0.3) is 0 Å². The zero-order valence-electron chi connectivity index (χ0n) is 19.3. The van der Waals surface area contributed by atoms with E-state index in [1.807, 2.05) is 38.1 Å². The number of unbranched alkanes of at least 4 members (excludes halogenated alkanes) is 13. The van der Waals surface area contributed by atoms with Crippen LogP contribution in [-0.2, 0) is 0 Å². The Hall–Kier alpha value is -1.51. The Morgan fingerprint density at radius 2 is 1.28 bits per heavy atom. The molecule has 0 fully saturated rings. The Morgan fingerprint density at radius 3 is 1.79 bits per heavy atom. The van der Waals surface area contributed by atoms with Crippen LogP contribution < -0.4 is 10.1 Å². The van der Waals surface area contributed by atoms with Crippen molar-refractivity contribution in [3.63, 3.8) is 0 Å². The van der Waals surface area contributed by atoms with Gasteiger partial charge in [-0.25, -0.2) is 0 Å². The van der Waals surface area contributed by atoms with Crippen LogP contribution in [0, 0.1) is 0 Å². The summed E-state index contributed by atoms with van der Waals surface area (Å²) >= 11 is 0. The van der Waals surface area contributed by atoms with E-state index < -0.39 is 0 Å². The topological polar surface area (TPSA) is 38.3 Å². The molecule has 1 aromatic rings. The second-order valence-corrected chi connectivity index (χ2v) is 8.51. The van der Waals surface area contributed by atoms with Gasteiger partial charge >= 0.3 is 0 Å². The van der Waals surface area contributed by atoms with Crippen LogP contribution in [0.4, 0.5) is 0 Å². The number of carbonyl (C=O) groups is 1. The summed E-state index contributed by atoms with van der Waals surface area (Å²) in [4.78, 5) is 12.4. The minimum absolute atomic E-state index is 0.0315. The largest absolute Gasteiger partial charge is 0.490 e. The Bertz CT molecular complexity index is 527. The average molecular weight is 404 g/mol. The second-order valence-electron chi connectivity index (χ2n) is 8.51. The Labute approximate surface area is 180 Å². The highest BCUT2D eigenvalue weighted by molar-refractivity contribution is 5.96. The van der Waals surface area contributed by atoms with E-state index in [4.69, 9.17) is 4.74 Å². The molecule has 0 radical (unpaired) electrons. The Kier molecular flexibility index (Phi) is 15.3. The molecule has 0 aliphatic heterocycles. The van der Waals surface area contributed by atoms with E-state index in [0.29, 0.717) is 11.3 Å². The molecule has 0 atom stereocenters. The van der Waals surface area contributed by atoms with Gasteiger partial charge in [-0.05, 0) is 32.4 Å². The number of para-hydroxylation sites is 1. The highest BCUT2D eigenvalue weighted by Crippen LogP contribution is 2.19. The molecule has 0 spiro atoms. The zero-order valence-corrected chi connectivity index (χ0v) is 19.3. The summed E-state index contributed by atoms with van der Waals surface area (Å²) in [5.41, 5.74) is 0.631. The number of ether oxygens (including phenoxy) is 1. The van der Waals surface area contributed by atoms with Gasteiger partial charge in [-0.2, -0.15) is 0 Å². The van der Waals surface area contributed by atoms with Crippen molar-refractivity contribution in [1.29, 1.82) is 0 Å². The molecule has 0 saturated carbocycles. The summed E-state index contributed by atoms with van der Waals surface area (Å²) < 4.78 is 5.73. The van der Waals surface area contributed by atoms with Crippen molar-refractivity contribution in [2.24, 2.45) is 0 Å². The Balaban J connectivity index is 1.97. The molecule has 0 unspecified atom stereocenters. The fourth-order valence-electron chi connectivity index (χ4n) is 3.63. The van der Waals surface area contributed by atoms with E-state index in [9.17, 15) is 4.79 Å². The van der Waals surface area contributed by atoms with E-state index in [0.717, 1.165) is 13.0 Å². The van der Waals surface area contributed by atoms with Gasteiger partial charge < -0.3 is 10.1 Å². The average Bonchev–Trinajstić information content (AvgIpc) is 2.70. The number of carbonyl (C=O) groups excluding carboxylic acids is 1. The van der Waals surface area contributed by atoms with Gasteiger partial charge in [0.25, 0.3) is 5.91 Å². The molecule has 0 aromatic heterocycles. The van der Waals surface area contributed by atoms with Gasteiger partial charge in [0.05, 0.1) is 11.7 Å². The summed E-state index contributed by atoms with van der Waals surface area (Å²) in [6, 6.07) is 7.48. The van der Waals surface area contributed by atoms with Gasteiger partial charge in [0.1, 0.15) is 5.75 Å². The predicted octanol–water partition coefficient (Wildman–Crippen LogP) is 7.68. The third-order valence-corrected chi connectivity index (χ3v) is 5.31. The molecule has 3 heteroatoms. The summed E-state index contributed by atoms with van der Waals surface area (Å²) in [5.74, 6) is 0.636. The number of hydrogen-bond donors (Lipinski definition) is 1. The number of amides is 1. The maximum Gasteiger partial charge on any atom is 0.255 e. The molecule has 0 aliphatic rings. The standard InChI is InChI=1S/C26H45NO2/c1-4-5-6-7-8-9-10-11-12-13-14-15-16-19-22-27-26(28)24-20-17-18-21-25(24)29-23(2)3/h17-18,20-21,23H,4-16,19,22H2,1-3H3,(H,27,28). The second kappa shape index (κ2) is 17.4. The van der Waals surface area contributed by atoms with E-state index in [1.54, 1.807) is 0 Å². The van der Waals surface area contributed by atoms with Crippen molar-refractivity contribution in [3.05, 3.63) is 29.8 Å². The first kappa shape index (κ1) is 25.5. The van der Waals surface area contributed by atoms with Gasteiger partial charge in [0.2, 0.25) is 0 Å². The van der Waals surface area contributed by atoms with Crippen LogP contribution in [0.1, 0.15) is 121 Å². The van der Waals surface area contributed by atoms with Crippen molar-refractivity contribution in [1.82, 2.24) is 5.32 Å². The zero-order chi connectivity index (χ0) is 21.2. The Morgan fingerprint density at radius 1 is 0.793 bits per heavy atom. The number of benzene rings is 1. The lowest BCUT2D eigenvalue weighted by molar-refractivity contribution is 0.0947. The minimum atomic E-state index is -0.0315. The number of nitrogens with one attached hydrogen (secondary N) is 1. The molecule has 1 aromatic carbocycles. The normalized spacial score (nSPS) is 11.0. The molecule has 1 amide bonds. The molecular formula is C26H45NO2. The number of rotatable bonds is 18. The van der Waals surface area contributed by atoms with Gasteiger partial charge in [-0.15, -0.1) is 0 Å². The van der Waals surface area contributed by atoms with E-state index in [-0.39, 0.29) is 12.0 Å². The quantitative estimate of drug-likeness (QED) is 0.255. The minimum Gasteiger partial charge on any atom is -0.490 e. The van der Waals surface area contributed by atoms with Crippen molar-refractivity contribution in [2.75, 3.05) is 6.54 Å². The molecule has 1 rings (SSSR count). The van der Waals surface area contributed by atoms with Crippen LogP contribution in [0.5, 0.6) is 5.75 Å². The first-order valence-electron chi connectivity index (χ1n) is 12.2. The van der Waals surface area contributed by atoms with Crippen LogP contribution in [0.15, 0.2) is 24.3 Å². The lowest BCUT2D eigenvalue weighted by Gasteiger charge is -2.14. The smallest absolute Gasteiger partial charge is 0.255 e. The summed E-state index contributed by atoms with van der Waals surface area (Å²) in [7, 11) is 0. The molecule has 166 valence electrons. The van der Waals surface area contributed by atoms with Crippen LogP contribution in [-0.4, -0.2) is 18.6 Å². The lowest BCUT2D eigenvalue weighted by Crippen LogP contribution is -2.25. The summed E-state index contributed by atoms with van der Waals surface area (Å²) in [5, 5.41) is 3.04. The first-order chi connectivity index (χ1) is 14.1. The molecule has 0 heterocycles. The van der Waals surface area contributed by atoms with Crippen molar-refractivity contribution in [3.8, 4) is 5.75 Å². The van der Waals surface area contributed by atoms with E-state index >= 15 is 0 Å². The van der Waals surface area contributed by atoms with E-state index in [2.05, 4.69) is 12.2 Å². The fraction of sp³-hybridized carbons (Fsp3) is 0.731. The molecule has 3 nitrogen and oxygen atoms in total. The van der Waals surface area contributed by atoms with Crippen LogP contribution in [0.3, 0.4) is 0 Å². The van der Waals surface area contributed by atoms with Crippen molar-refractivity contribution < 1.29 is 9.53 Å². The third-order valence-electron chi connectivity index (χ3n) is 5.31. The van der Waals surface area contributed by atoms with Crippen LogP contribution >= 0.6 is 0 Å². The SMILES string of the molecule is CCCCCCCCCCCCCCCCNC(=O)c1ccccc1OC(C)C. The van der Waals surface area contributed by atoms with Gasteiger partial charge in [0, 0.05) is 6.54 Å². The first-order valence-corrected chi connectivity index (χ1v) is 12.2.